The van der Waals surface area contributed by atoms with Gasteiger partial charge in [-0.15, -0.1) is 0 Å². The van der Waals surface area contributed by atoms with Crippen molar-refractivity contribution in [3.8, 4) is 0 Å². The second-order valence-electron chi connectivity index (χ2n) is 16.2. The number of imide groups is 1. The van der Waals surface area contributed by atoms with Crippen molar-refractivity contribution in [2.24, 2.45) is 0 Å². The van der Waals surface area contributed by atoms with E-state index in [1.165, 1.54) is 0 Å². The lowest BCUT2D eigenvalue weighted by molar-refractivity contribution is -0.136. The van der Waals surface area contributed by atoms with E-state index in [0.717, 1.165) is 73.3 Å². The number of aliphatic hydroxyl groups excluding tert-OH is 2. The number of urea groups is 1. The van der Waals surface area contributed by atoms with Crippen molar-refractivity contribution in [3.63, 3.8) is 0 Å². The van der Waals surface area contributed by atoms with Crippen molar-refractivity contribution < 1.29 is 29.4 Å². The number of piperidine rings is 1. The van der Waals surface area contributed by atoms with Gasteiger partial charge in [-0.05, 0) is 80.0 Å². The number of carbonyl (C=O) groups excluding carboxylic acids is 4. The first-order valence-corrected chi connectivity index (χ1v) is 20.8. The van der Waals surface area contributed by atoms with E-state index in [-0.39, 0.29) is 42.7 Å². The SMILES string of the molecule is CC(C)c1cnn2c(NCc3ccc(NC(=O)N4CCN(CCCCCc5cccc6c5CN(C5CCC(=O)NC5=O)C6=O)CC4)cc3)cc(N[C@H](CO)[C@@H](C)O)nc12. The average molecular weight is 809 g/mol. The molecule has 2 fully saturated rings. The first kappa shape index (κ1) is 41.6. The quantitative estimate of drug-likeness (QED) is 0.0709. The normalized spacial score (nSPS) is 18.3. The van der Waals surface area contributed by atoms with Gasteiger partial charge in [-0.2, -0.15) is 9.61 Å². The Morgan fingerprint density at radius 1 is 1.00 bits per heavy atom. The molecule has 16 nitrogen and oxygen atoms in total. The van der Waals surface area contributed by atoms with Gasteiger partial charge in [0, 0.05) is 68.6 Å². The van der Waals surface area contributed by atoms with Crippen LogP contribution in [-0.4, -0.2) is 121 Å². The lowest BCUT2D eigenvalue weighted by atomic mass is 9.98. The van der Waals surface area contributed by atoms with Crippen molar-refractivity contribution >= 4 is 46.7 Å². The molecule has 2 saturated heterocycles. The summed E-state index contributed by atoms with van der Waals surface area (Å²) >= 11 is 0. The number of piperazine rings is 1. The molecule has 0 radical (unpaired) electrons. The van der Waals surface area contributed by atoms with Gasteiger partial charge in [-0.3, -0.25) is 24.6 Å². The average Bonchev–Trinajstić information content (AvgIpc) is 3.81. The summed E-state index contributed by atoms with van der Waals surface area (Å²) in [4.78, 5) is 61.0. The number of aryl methyl sites for hydroxylation is 1. The third kappa shape index (κ3) is 9.67. The molecule has 3 atom stereocenters. The fraction of sp³-hybridized carbons (Fsp3) is 0.488. The minimum atomic E-state index is -0.774. The van der Waals surface area contributed by atoms with Crippen LogP contribution in [0.5, 0.6) is 0 Å². The summed E-state index contributed by atoms with van der Waals surface area (Å²) in [6.07, 6.45) is 5.58. The molecule has 7 rings (SSSR count). The molecule has 0 bridgehead atoms. The number of aliphatic hydroxyl groups is 2. The van der Waals surface area contributed by atoms with Gasteiger partial charge in [-0.25, -0.2) is 9.78 Å². The van der Waals surface area contributed by atoms with E-state index in [9.17, 15) is 29.4 Å². The maximum Gasteiger partial charge on any atom is 0.321 e. The van der Waals surface area contributed by atoms with E-state index < -0.39 is 18.2 Å². The largest absolute Gasteiger partial charge is 0.394 e. The van der Waals surface area contributed by atoms with E-state index >= 15 is 0 Å². The number of anilines is 3. The Morgan fingerprint density at radius 2 is 1.78 bits per heavy atom. The molecule has 1 unspecified atom stereocenters. The molecule has 16 heteroatoms. The highest BCUT2D eigenvalue weighted by Crippen LogP contribution is 2.31. The Morgan fingerprint density at radius 3 is 2.49 bits per heavy atom. The molecule has 2 aromatic heterocycles. The van der Waals surface area contributed by atoms with Crippen LogP contribution >= 0.6 is 0 Å². The number of hydrogen-bond donors (Lipinski definition) is 6. The Balaban J connectivity index is 0.832. The van der Waals surface area contributed by atoms with Gasteiger partial charge >= 0.3 is 6.03 Å². The van der Waals surface area contributed by atoms with Crippen molar-refractivity contribution in [1.82, 2.24) is 34.6 Å². The number of rotatable bonds is 16. The van der Waals surface area contributed by atoms with E-state index in [4.69, 9.17) is 4.98 Å². The molecule has 314 valence electrons. The molecule has 3 aliphatic heterocycles. The number of nitrogens with one attached hydrogen (secondary N) is 4. The summed E-state index contributed by atoms with van der Waals surface area (Å²) in [7, 11) is 0. The van der Waals surface area contributed by atoms with Crippen molar-refractivity contribution in [2.45, 2.75) is 96.5 Å². The number of hydrogen-bond acceptors (Lipinski definition) is 11. The minimum absolute atomic E-state index is 0.113. The van der Waals surface area contributed by atoms with Crippen molar-refractivity contribution in [3.05, 3.63) is 82.5 Å². The molecule has 5 amide bonds. The second kappa shape index (κ2) is 18.6. The van der Waals surface area contributed by atoms with Crippen molar-refractivity contribution in [1.29, 1.82) is 0 Å². The molecule has 3 aliphatic rings. The number of benzene rings is 2. The third-order valence-corrected chi connectivity index (χ3v) is 11.7. The zero-order valence-corrected chi connectivity index (χ0v) is 34.1. The summed E-state index contributed by atoms with van der Waals surface area (Å²) in [5, 5.41) is 36.4. The van der Waals surface area contributed by atoms with Gasteiger partial charge in [0.1, 0.15) is 17.7 Å². The minimum Gasteiger partial charge on any atom is -0.394 e. The number of aromatic nitrogens is 3. The van der Waals surface area contributed by atoms with E-state index in [1.54, 1.807) is 16.3 Å². The van der Waals surface area contributed by atoms with Crippen LogP contribution in [0.3, 0.4) is 0 Å². The zero-order valence-electron chi connectivity index (χ0n) is 34.1. The molecule has 6 N–H and O–H groups in total. The number of carbonyl (C=O) groups is 4. The highest BCUT2D eigenvalue weighted by molar-refractivity contribution is 6.05. The number of fused-ring (bicyclic) bond motifs is 2. The first-order valence-electron chi connectivity index (χ1n) is 20.8. The Bertz CT molecular complexity index is 2150. The Hall–Kier alpha value is -5.58. The predicted molar refractivity (Wildman–Crippen MR) is 224 cm³/mol. The highest BCUT2D eigenvalue weighted by atomic mass is 16.3. The predicted octanol–water partition coefficient (Wildman–Crippen LogP) is 3.94. The smallest absolute Gasteiger partial charge is 0.321 e. The van der Waals surface area contributed by atoms with Crippen LogP contribution in [0.15, 0.2) is 54.7 Å². The maximum absolute atomic E-state index is 13.2. The molecule has 2 aromatic carbocycles. The molecule has 59 heavy (non-hydrogen) atoms. The highest BCUT2D eigenvalue weighted by Gasteiger charge is 2.39. The fourth-order valence-corrected chi connectivity index (χ4v) is 8.08. The zero-order chi connectivity index (χ0) is 41.6. The van der Waals surface area contributed by atoms with E-state index in [2.05, 4.69) is 51.2 Å². The maximum atomic E-state index is 13.2. The molecule has 0 aliphatic carbocycles. The van der Waals surface area contributed by atoms with Crippen LogP contribution in [-0.2, 0) is 29.1 Å². The topological polar surface area (TPSA) is 197 Å². The standard InChI is InChI=1S/C43H56N10O6/c1-27(2)33-24-45-53-38(22-37(48-40(33)53)47-35(26-54)28(3)55)44-23-29-11-13-31(14-12-29)46-43(59)51-20-18-50(19-21-51)17-6-4-5-8-30-9-7-10-32-34(30)25-52(42(32)58)36-15-16-39(56)49-41(36)57/h7,9-14,22,24,27-28,35-36,44,54-55H,4-6,8,15-21,23,25-26H2,1-3H3,(H,46,59)(H,47,48)(H,49,56,57)/t28-,35-,36?/m1/s1. The molecule has 0 saturated carbocycles. The molecule has 4 aromatic rings. The van der Waals surface area contributed by atoms with Crippen LogP contribution in [0.25, 0.3) is 5.65 Å². The van der Waals surface area contributed by atoms with Gasteiger partial charge in [-0.1, -0.05) is 44.5 Å². The molecular weight excluding hydrogens is 753 g/mol. The lowest BCUT2D eigenvalue weighted by Gasteiger charge is -2.34. The van der Waals surface area contributed by atoms with Gasteiger partial charge in [0.05, 0.1) is 24.9 Å². The molecule has 0 spiro atoms. The van der Waals surface area contributed by atoms with Crippen LogP contribution in [0.2, 0.25) is 0 Å². The molecular formula is C43H56N10O6. The summed E-state index contributed by atoms with van der Waals surface area (Å²) in [6, 6.07) is 14.1. The van der Waals surface area contributed by atoms with Gasteiger partial charge in [0.25, 0.3) is 5.91 Å². The van der Waals surface area contributed by atoms with Gasteiger partial charge in [0.2, 0.25) is 11.8 Å². The fourth-order valence-electron chi connectivity index (χ4n) is 8.08. The van der Waals surface area contributed by atoms with Crippen LogP contribution in [0.4, 0.5) is 22.1 Å². The summed E-state index contributed by atoms with van der Waals surface area (Å²) in [6.45, 7) is 10.3. The van der Waals surface area contributed by atoms with Gasteiger partial charge in [0.15, 0.2) is 5.65 Å². The second-order valence-corrected chi connectivity index (χ2v) is 16.2. The van der Waals surface area contributed by atoms with E-state index in [0.29, 0.717) is 55.4 Å². The monoisotopic (exact) mass is 808 g/mol. The van der Waals surface area contributed by atoms with Crippen molar-refractivity contribution in [2.75, 3.05) is 55.3 Å². The molecule has 5 heterocycles. The van der Waals surface area contributed by atoms with Crippen LogP contribution < -0.4 is 21.3 Å². The Kier molecular flexibility index (Phi) is 13.1. The van der Waals surface area contributed by atoms with Gasteiger partial charge < -0.3 is 36.0 Å². The number of nitrogens with zero attached hydrogens (tertiary/aromatic N) is 6. The number of amides is 5. The first-order chi connectivity index (χ1) is 28.5. The summed E-state index contributed by atoms with van der Waals surface area (Å²) < 4.78 is 1.76. The lowest BCUT2D eigenvalue weighted by Crippen LogP contribution is -2.52. The summed E-state index contributed by atoms with van der Waals surface area (Å²) in [5.41, 5.74) is 6.21. The van der Waals surface area contributed by atoms with Crippen LogP contribution in [0, 0.1) is 0 Å². The Labute approximate surface area is 344 Å². The van der Waals surface area contributed by atoms with E-state index in [1.807, 2.05) is 53.6 Å². The van der Waals surface area contributed by atoms with Crippen LogP contribution in [0.1, 0.15) is 91.4 Å². The number of unbranched alkanes of at least 4 members (excludes halogenated alkanes) is 2. The summed E-state index contributed by atoms with van der Waals surface area (Å²) in [5.74, 6) is 0.614. The third-order valence-electron chi connectivity index (χ3n) is 11.7.